The van der Waals surface area contributed by atoms with Crippen LogP contribution in [0.3, 0.4) is 0 Å². The summed E-state index contributed by atoms with van der Waals surface area (Å²) >= 11 is 0. The van der Waals surface area contributed by atoms with Crippen molar-refractivity contribution in [2.45, 2.75) is 6.92 Å². The van der Waals surface area contributed by atoms with Gasteiger partial charge in [0.15, 0.2) is 0 Å². The Balaban J connectivity index is 1.26. The molecule has 0 N–H and O–H groups in total. The smallest absolute Gasteiger partial charge is 0.260 e. The summed E-state index contributed by atoms with van der Waals surface area (Å²) < 4.78 is 3.61. The number of rotatable bonds is 4. The Morgan fingerprint density at radius 3 is 1.64 bits per heavy atom. The van der Waals surface area contributed by atoms with E-state index < -0.39 is 0 Å². The maximum absolute atomic E-state index is 14.0. The predicted molar refractivity (Wildman–Crippen MR) is 197 cm³/mol. The normalized spacial score (nSPS) is 11.6. The van der Waals surface area contributed by atoms with E-state index in [1.807, 2.05) is 59.2 Å². The summed E-state index contributed by atoms with van der Waals surface area (Å²) in [5.41, 5.74) is 9.36. The summed E-state index contributed by atoms with van der Waals surface area (Å²) in [5, 5.41) is 7.35. The predicted octanol–water partition coefficient (Wildman–Crippen LogP) is 10.9. The minimum absolute atomic E-state index is 0.0867. The van der Waals surface area contributed by atoms with Crippen LogP contribution in [0, 0.1) is 6.92 Å². The fraction of sp³-hybridized carbons (Fsp3) is 0.0227. The first-order chi connectivity index (χ1) is 23.2. The van der Waals surface area contributed by atoms with Crippen LogP contribution in [0.5, 0.6) is 0 Å². The summed E-state index contributed by atoms with van der Waals surface area (Å²) in [6.45, 7) is 2.16. The van der Waals surface area contributed by atoms with Crippen LogP contribution in [0.15, 0.2) is 169 Å². The second-order valence-electron chi connectivity index (χ2n) is 12.2. The number of benzene rings is 8. The van der Waals surface area contributed by atoms with Gasteiger partial charge in [0.2, 0.25) is 0 Å². The van der Waals surface area contributed by atoms with Gasteiger partial charge in [-0.15, -0.1) is 0 Å². The Bertz CT molecular complexity index is 2700. The second-order valence-corrected chi connectivity index (χ2v) is 12.2. The molecule has 0 aliphatic heterocycles. The molecule has 0 unspecified atom stereocenters. The van der Waals surface area contributed by atoms with Crippen molar-refractivity contribution in [3.8, 4) is 33.6 Å². The van der Waals surface area contributed by atoms with Crippen LogP contribution in [0.25, 0.3) is 77.0 Å². The third-order valence-electron chi connectivity index (χ3n) is 9.39. The lowest BCUT2D eigenvalue weighted by atomic mass is 9.85. The highest BCUT2D eigenvalue weighted by molar-refractivity contribution is 6.21. The van der Waals surface area contributed by atoms with Crippen LogP contribution >= 0.6 is 0 Å². The van der Waals surface area contributed by atoms with Crippen molar-refractivity contribution >= 4 is 43.4 Å². The molecule has 0 aliphatic carbocycles. The zero-order chi connectivity index (χ0) is 31.5. The number of hydrogen-bond acceptors (Lipinski definition) is 1. The Kier molecular flexibility index (Phi) is 6.19. The van der Waals surface area contributed by atoms with E-state index in [1.54, 1.807) is 4.57 Å². The lowest BCUT2D eigenvalue weighted by molar-refractivity contribution is 0.931. The van der Waals surface area contributed by atoms with Gasteiger partial charge in [0, 0.05) is 0 Å². The van der Waals surface area contributed by atoms with Crippen molar-refractivity contribution in [1.82, 2.24) is 9.13 Å². The van der Waals surface area contributed by atoms with Crippen molar-refractivity contribution < 1.29 is 0 Å². The average Bonchev–Trinajstić information content (AvgIpc) is 3.42. The van der Waals surface area contributed by atoms with E-state index in [0.29, 0.717) is 0 Å². The van der Waals surface area contributed by atoms with Gasteiger partial charge in [0.1, 0.15) is 0 Å². The Hall–Kier alpha value is -6.19. The molecule has 47 heavy (non-hydrogen) atoms. The van der Waals surface area contributed by atoms with Crippen molar-refractivity contribution in [1.29, 1.82) is 0 Å². The third-order valence-corrected chi connectivity index (χ3v) is 9.39. The minimum atomic E-state index is -0.0867. The molecule has 222 valence electrons. The standard InChI is InChI=1S/C44H30N2O/c1-29-19-26-38-39(27-29)42(36-15-7-8-16-37(36)43(38)33-21-20-30-11-5-6-12-32(30)28-33)31-22-24-35(25-23-31)46-41-18-10-9-17-40(41)45(44(46)47)34-13-3-2-4-14-34/h2-28H,1H3. The van der Waals surface area contributed by atoms with E-state index in [9.17, 15) is 4.79 Å². The monoisotopic (exact) mass is 602 g/mol. The molecule has 1 heterocycles. The fourth-order valence-corrected chi connectivity index (χ4v) is 7.26. The van der Waals surface area contributed by atoms with Gasteiger partial charge in [-0.05, 0) is 104 Å². The maximum atomic E-state index is 14.0. The van der Waals surface area contributed by atoms with E-state index in [0.717, 1.165) is 28.0 Å². The summed E-state index contributed by atoms with van der Waals surface area (Å²) in [6, 6.07) is 57.2. The van der Waals surface area contributed by atoms with Gasteiger partial charge < -0.3 is 0 Å². The summed E-state index contributed by atoms with van der Waals surface area (Å²) in [7, 11) is 0. The molecule has 0 saturated carbocycles. The lowest BCUT2D eigenvalue weighted by Gasteiger charge is -2.19. The number of aryl methyl sites for hydroxylation is 1. The molecule has 0 saturated heterocycles. The van der Waals surface area contributed by atoms with Gasteiger partial charge in [-0.3, -0.25) is 9.13 Å². The largest absolute Gasteiger partial charge is 0.338 e. The number of aromatic nitrogens is 2. The van der Waals surface area contributed by atoms with Crippen molar-refractivity contribution in [3.63, 3.8) is 0 Å². The minimum Gasteiger partial charge on any atom is -0.260 e. The molecule has 0 fully saturated rings. The highest BCUT2D eigenvalue weighted by Crippen LogP contribution is 2.44. The van der Waals surface area contributed by atoms with Gasteiger partial charge in [-0.1, -0.05) is 127 Å². The lowest BCUT2D eigenvalue weighted by Crippen LogP contribution is -2.22. The van der Waals surface area contributed by atoms with Gasteiger partial charge in [0.05, 0.1) is 22.4 Å². The maximum Gasteiger partial charge on any atom is 0.338 e. The van der Waals surface area contributed by atoms with Crippen LogP contribution in [0.1, 0.15) is 5.56 Å². The molecular weight excluding hydrogens is 572 g/mol. The van der Waals surface area contributed by atoms with E-state index in [2.05, 4.69) is 116 Å². The Morgan fingerprint density at radius 1 is 0.404 bits per heavy atom. The number of fused-ring (bicyclic) bond motifs is 4. The summed E-state index contributed by atoms with van der Waals surface area (Å²) in [5.74, 6) is 0. The first-order valence-corrected chi connectivity index (χ1v) is 16.0. The first kappa shape index (κ1) is 27.1. The van der Waals surface area contributed by atoms with Gasteiger partial charge in [-0.2, -0.15) is 0 Å². The topological polar surface area (TPSA) is 26.9 Å². The Labute approximate surface area is 272 Å². The molecular formula is C44H30N2O. The van der Waals surface area contributed by atoms with E-state index in [4.69, 9.17) is 0 Å². The first-order valence-electron chi connectivity index (χ1n) is 16.0. The van der Waals surface area contributed by atoms with Gasteiger partial charge in [-0.25, -0.2) is 4.79 Å². The highest BCUT2D eigenvalue weighted by atomic mass is 16.1. The second kappa shape index (κ2) is 10.7. The van der Waals surface area contributed by atoms with E-state index >= 15 is 0 Å². The third kappa shape index (κ3) is 4.32. The van der Waals surface area contributed by atoms with Crippen LogP contribution in [0.2, 0.25) is 0 Å². The molecule has 8 aromatic carbocycles. The molecule has 9 aromatic rings. The van der Waals surface area contributed by atoms with Gasteiger partial charge >= 0.3 is 5.69 Å². The zero-order valence-electron chi connectivity index (χ0n) is 25.9. The molecule has 3 heteroatoms. The van der Waals surface area contributed by atoms with Crippen molar-refractivity contribution in [2.24, 2.45) is 0 Å². The number of hydrogen-bond donors (Lipinski definition) is 0. The molecule has 0 bridgehead atoms. The number of nitrogens with zero attached hydrogens (tertiary/aromatic N) is 2. The molecule has 1 aromatic heterocycles. The van der Waals surface area contributed by atoms with Crippen LogP contribution in [-0.4, -0.2) is 9.13 Å². The molecule has 3 nitrogen and oxygen atoms in total. The zero-order valence-corrected chi connectivity index (χ0v) is 25.9. The highest BCUT2D eigenvalue weighted by Gasteiger charge is 2.19. The number of para-hydroxylation sites is 3. The van der Waals surface area contributed by atoms with E-state index in [1.165, 1.54) is 54.6 Å². The van der Waals surface area contributed by atoms with Crippen LogP contribution in [0.4, 0.5) is 0 Å². The number of imidazole rings is 1. The summed E-state index contributed by atoms with van der Waals surface area (Å²) in [4.78, 5) is 14.0. The molecule has 0 amide bonds. The quantitative estimate of drug-likeness (QED) is 0.184. The molecule has 0 atom stereocenters. The van der Waals surface area contributed by atoms with Crippen LogP contribution in [-0.2, 0) is 0 Å². The molecule has 9 rings (SSSR count). The molecule has 0 radical (unpaired) electrons. The summed E-state index contributed by atoms with van der Waals surface area (Å²) in [6.07, 6.45) is 0. The molecule has 0 spiro atoms. The van der Waals surface area contributed by atoms with E-state index in [-0.39, 0.29) is 5.69 Å². The van der Waals surface area contributed by atoms with Crippen molar-refractivity contribution in [2.75, 3.05) is 0 Å². The van der Waals surface area contributed by atoms with Crippen LogP contribution < -0.4 is 5.69 Å². The fourth-order valence-electron chi connectivity index (χ4n) is 7.26. The SMILES string of the molecule is Cc1ccc2c(-c3ccc4ccccc4c3)c3ccccc3c(-c3ccc(-n4c(=O)n(-c5ccccc5)c5ccccc54)cc3)c2c1. The van der Waals surface area contributed by atoms with Gasteiger partial charge in [0.25, 0.3) is 0 Å². The average molecular weight is 603 g/mol. The van der Waals surface area contributed by atoms with Crippen molar-refractivity contribution in [3.05, 3.63) is 180 Å². The molecule has 0 aliphatic rings. The Morgan fingerprint density at radius 2 is 0.936 bits per heavy atom.